The molecule has 5 heteroatoms. The number of hydrogen-bond acceptors (Lipinski definition) is 5. The minimum atomic E-state index is -0.00240. The highest BCUT2D eigenvalue weighted by atomic mass is 16.6. The number of nitrogens with zero attached hydrogens (tertiary/aromatic N) is 2. The first-order chi connectivity index (χ1) is 14.9. The van der Waals surface area contributed by atoms with Crippen molar-refractivity contribution in [2.75, 3.05) is 31.4 Å². The Bertz CT molecular complexity index is 908. The van der Waals surface area contributed by atoms with E-state index in [-0.39, 0.29) is 6.10 Å². The van der Waals surface area contributed by atoms with Crippen LogP contribution in [0.2, 0.25) is 0 Å². The maximum atomic E-state index is 5.81. The van der Waals surface area contributed by atoms with Gasteiger partial charge in [-0.25, -0.2) is 0 Å². The van der Waals surface area contributed by atoms with E-state index in [1.54, 1.807) is 0 Å². The van der Waals surface area contributed by atoms with E-state index in [0.717, 1.165) is 17.0 Å². The van der Waals surface area contributed by atoms with Crippen LogP contribution in [0.1, 0.15) is 11.1 Å². The fourth-order valence-electron chi connectivity index (χ4n) is 3.16. The highest BCUT2D eigenvalue weighted by molar-refractivity contribution is 5.80. The van der Waals surface area contributed by atoms with Gasteiger partial charge in [-0.3, -0.25) is 5.01 Å². The van der Waals surface area contributed by atoms with Crippen molar-refractivity contribution in [2.45, 2.75) is 12.6 Å². The molecule has 3 aromatic rings. The van der Waals surface area contributed by atoms with Gasteiger partial charge in [-0.05, 0) is 47.5 Å². The normalized spacial score (nSPS) is 16.5. The third-order valence-electron chi connectivity index (χ3n) is 4.78. The summed E-state index contributed by atoms with van der Waals surface area (Å²) < 4.78 is 16.8. The minimum Gasteiger partial charge on any atom is -0.491 e. The summed E-state index contributed by atoms with van der Waals surface area (Å²) in [7, 11) is 0. The molecule has 1 saturated heterocycles. The Morgan fingerprint density at radius 3 is 2.33 bits per heavy atom. The Balaban J connectivity index is 1.40. The molecule has 0 saturated carbocycles. The fourth-order valence-corrected chi connectivity index (χ4v) is 3.16. The number of benzene rings is 3. The van der Waals surface area contributed by atoms with E-state index in [1.807, 2.05) is 71.9 Å². The lowest BCUT2D eigenvalue weighted by Gasteiger charge is -2.22. The van der Waals surface area contributed by atoms with Gasteiger partial charge in [0.25, 0.3) is 0 Å². The maximum absolute atomic E-state index is 5.81. The second-order valence-electron chi connectivity index (χ2n) is 7.07. The van der Waals surface area contributed by atoms with Gasteiger partial charge in [-0.1, -0.05) is 48.5 Å². The standard InChI is InChI=1S/C25H26N2O3/c1-3-7-22(8-4-1)18-27(23-9-5-2-6-10-23)26-17-21-11-13-24(14-12-21)30-20-25-19-28-15-16-29-25/h1-14,17,25H,15-16,18-20H2/b26-17+. The highest BCUT2D eigenvalue weighted by Crippen LogP contribution is 2.18. The molecule has 30 heavy (non-hydrogen) atoms. The van der Waals surface area contributed by atoms with E-state index in [2.05, 4.69) is 24.3 Å². The number of hydrogen-bond donors (Lipinski definition) is 0. The summed E-state index contributed by atoms with van der Waals surface area (Å²) in [5, 5.41) is 6.74. The molecule has 0 amide bonds. The van der Waals surface area contributed by atoms with E-state index in [9.17, 15) is 0 Å². The van der Waals surface area contributed by atoms with Crippen molar-refractivity contribution >= 4 is 11.9 Å². The van der Waals surface area contributed by atoms with Crippen LogP contribution in [0.25, 0.3) is 0 Å². The summed E-state index contributed by atoms with van der Waals surface area (Å²) in [5.74, 6) is 0.811. The molecule has 1 heterocycles. The van der Waals surface area contributed by atoms with E-state index >= 15 is 0 Å². The van der Waals surface area contributed by atoms with Crippen molar-refractivity contribution in [3.05, 3.63) is 96.1 Å². The molecule has 0 aromatic heterocycles. The van der Waals surface area contributed by atoms with Crippen LogP contribution in [-0.4, -0.2) is 38.7 Å². The van der Waals surface area contributed by atoms with Crippen molar-refractivity contribution in [1.82, 2.24) is 0 Å². The predicted molar refractivity (Wildman–Crippen MR) is 119 cm³/mol. The van der Waals surface area contributed by atoms with Crippen molar-refractivity contribution in [3.63, 3.8) is 0 Å². The SMILES string of the molecule is C(=N\N(Cc1ccccc1)c1ccccc1)/c1ccc(OCC2COCCO2)cc1. The molecule has 4 rings (SSSR count). The lowest BCUT2D eigenvalue weighted by Crippen LogP contribution is -2.33. The number of hydrazone groups is 1. The van der Waals surface area contributed by atoms with Crippen LogP contribution in [0, 0.1) is 0 Å². The Morgan fingerprint density at radius 2 is 1.63 bits per heavy atom. The van der Waals surface area contributed by atoms with Crippen molar-refractivity contribution < 1.29 is 14.2 Å². The van der Waals surface area contributed by atoms with Gasteiger partial charge in [0, 0.05) is 0 Å². The fraction of sp³-hybridized carbons (Fsp3) is 0.240. The second-order valence-corrected chi connectivity index (χ2v) is 7.07. The molecule has 0 radical (unpaired) electrons. The Hall–Kier alpha value is -3.15. The van der Waals surface area contributed by atoms with Crippen LogP contribution in [0.4, 0.5) is 5.69 Å². The third-order valence-corrected chi connectivity index (χ3v) is 4.78. The molecular weight excluding hydrogens is 376 g/mol. The second kappa shape index (κ2) is 10.6. The van der Waals surface area contributed by atoms with Gasteiger partial charge in [0.2, 0.25) is 0 Å². The van der Waals surface area contributed by atoms with Crippen LogP contribution < -0.4 is 9.75 Å². The van der Waals surface area contributed by atoms with Gasteiger partial charge in [0.05, 0.1) is 38.3 Å². The molecule has 0 spiro atoms. The maximum Gasteiger partial charge on any atom is 0.119 e. The summed E-state index contributed by atoms with van der Waals surface area (Å²) in [4.78, 5) is 0. The first-order valence-corrected chi connectivity index (χ1v) is 10.2. The summed E-state index contributed by atoms with van der Waals surface area (Å²) >= 11 is 0. The number of para-hydroxylation sites is 1. The molecule has 3 aromatic carbocycles. The van der Waals surface area contributed by atoms with Crippen LogP contribution in [0.5, 0.6) is 5.75 Å². The monoisotopic (exact) mass is 402 g/mol. The molecule has 1 aliphatic heterocycles. The summed E-state index contributed by atoms with van der Waals surface area (Å²) in [6.07, 6.45) is 1.87. The minimum absolute atomic E-state index is 0.00240. The molecule has 1 aliphatic rings. The van der Waals surface area contributed by atoms with Gasteiger partial charge in [0.1, 0.15) is 18.5 Å². The first-order valence-electron chi connectivity index (χ1n) is 10.2. The summed E-state index contributed by atoms with van der Waals surface area (Å²) in [5.41, 5.74) is 3.26. The zero-order valence-corrected chi connectivity index (χ0v) is 16.9. The third kappa shape index (κ3) is 5.92. The van der Waals surface area contributed by atoms with Gasteiger partial charge >= 0.3 is 0 Å². The van der Waals surface area contributed by atoms with Crippen LogP contribution in [-0.2, 0) is 16.0 Å². The van der Waals surface area contributed by atoms with Gasteiger partial charge in [-0.15, -0.1) is 0 Å². The smallest absolute Gasteiger partial charge is 0.119 e. The average Bonchev–Trinajstić information content (AvgIpc) is 2.83. The Labute approximate surface area is 177 Å². The Morgan fingerprint density at radius 1 is 0.900 bits per heavy atom. The molecule has 1 fully saturated rings. The van der Waals surface area contributed by atoms with Gasteiger partial charge < -0.3 is 14.2 Å². The van der Waals surface area contributed by atoms with Gasteiger partial charge in [-0.2, -0.15) is 5.10 Å². The van der Waals surface area contributed by atoms with Crippen LogP contribution >= 0.6 is 0 Å². The highest BCUT2D eigenvalue weighted by Gasteiger charge is 2.14. The zero-order valence-electron chi connectivity index (χ0n) is 16.9. The van der Waals surface area contributed by atoms with E-state index < -0.39 is 0 Å². The summed E-state index contributed by atoms with van der Waals surface area (Å²) in [6, 6.07) is 28.4. The molecule has 1 unspecified atom stereocenters. The number of rotatable bonds is 8. The van der Waals surface area contributed by atoms with Crippen LogP contribution in [0.3, 0.4) is 0 Å². The molecular formula is C25H26N2O3. The van der Waals surface area contributed by atoms with E-state index in [4.69, 9.17) is 19.3 Å². The molecule has 154 valence electrons. The topological polar surface area (TPSA) is 43.3 Å². The van der Waals surface area contributed by atoms with Crippen molar-refractivity contribution in [1.29, 1.82) is 0 Å². The lowest BCUT2D eigenvalue weighted by molar-refractivity contribution is -0.101. The molecule has 1 atom stereocenters. The number of ether oxygens (including phenoxy) is 3. The Kier molecular flexibility index (Phi) is 7.10. The zero-order chi connectivity index (χ0) is 20.4. The molecule has 0 aliphatic carbocycles. The first kappa shape index (κ1) is 20.1. The van der Waals surface area contributed by atoms with E-state index in [0.29, 0.717) is 33.0 Å². The summed E-state index contributed by atoms with van der Waals surface area (Å²) in [6.45, 7) is 3.07. The molecule has 5 nitrogen and oxygen atoms in total. The van der Waals surface area contributed by atoms with Crippen molar-refractivity contribution in [2.24, 2.45) is 5.10 Å². The van der Waals surface area contributed by atoms with Gasteiger partial charge in [0.15, 0.2) is 0 Å². The van der Waals surface area contributed by atoms with E-state index in [1.165, 1.54) is 5.56 Å². The molecule has 0 N–H and O–H groups in total. The van der Waals surface area contributed by atoms with Crippen molar-refractivity contribution in [3.8, 4) is 5.75 Å². The van der Waals surface area contributed by atoms with Crippen LogP contribution in [0.15, 0.2) is 90.0 Å². The predicted octanol–water partition coefficient (Wildman–Crippen LogP) is 4.52. The molecule has 0 bridgehead atoms. The quantitative estimate of drug-likeness (QED) is 0.410. The number of anilines is 1. The largest absolute Gasteiger partial charge is 0.491 e. The average molecular weight is 402 g/mol. The lowest BCUT2D eigenvalue weighted by atomic mass is 10.2.